The van der Waals surface area contributed by atoms with E-state index < -0.39 is 0 Å². The Bertz CT molecular complexity index is 747. The molecule has 0 saturated heterocycles. The molecule has 110 valence electrons. The number of nitrogens with one attached hydrogen (secondary N) is 1. The standard InChI is InChI=1S/C18H22N2S/c1-11-3-2-4-15-16(11)19-17(21)20(15)18-8-12-5-13(9-18)7-14(6-12)10-18/h2-4,12-14H,5-10H2,1H3,(H,19,21). The Kier molecular flexibility index (Phi) is 2.38. The summed E-state index contributed by atoms with van der Waals surface area (Å²) in [5, 5.41) is 0. The quantitative estimate of drug-likeness (QED) is 0.740. The fourth-order valence-electron chi connectivity index (χ4n) is 6.08. The van der Waals surface area contributed by atoms with E-state index in [2.05, 4.69) is 34.7 Å². The third-order valence-electron chi connectivity index (χ3n) is 6.41. The maximum atomic E-state index is 5.76. The van der Waals surface area contributed by atoms with Crippen LogP contribution in [0.4, 0.5) is 0 Å². The maximum absolute atomic E-state index is 5.76. The minimum Gasteiger partial charge on any atom is -0.330 e. The number of aromatic amines is 1. The number of hydrogen-bond acceptors (Lipinski definition) is 1. The van der Waals surface area contributed by atoms with E-state index in [4.69, 9.17) is 12.2 Å². The van der Waals surface area contributed by atoms with E-state index in [0.29, 0.717) is 5.54 Å². The Morgan fingerprint density at radius 3 is 2.33 bits per heavy atom. The zero-order valence-electron chi connectivity index (χ0n) is 12.6. The van der Waals surface area contributed by atoms with Gasteiger partial charge in [0, 0.05) is 5.54 Å². The largest absolute Gasteiger partial charge is 0.330 e. The van der Waals surface area contributed by atoms with Crippen molar-refractivity contribution in [2.75, 3.05) is 0 Å². The summed E-state index contributed by atoms with van der Waals surface area (Å²) in [7, 11) is 0. The number of aromatic nitrogens is 2. The molecule has 4 aliphatic carbocycles. The Labute approximate surface area is 130 Å². The topological polar surface area (TPSA) is 20.7 Å². The van der Waals surface area contributed by atoms with Crippen molar-refractivity contribution in [1.29, 1.82) is 0 Å². The second-order valence-corrected chi connectivity index (χ2v) is 8.26. The van der Waals surface area contributed by atoms with Crippen LogP contribution in [0.2, 0.25) is 0 Å². The van der Waals surface area contributed by atoms with Crippen molar-refractivity contribution in [2.45, 2.75) is 51.0 Å². The number of imidazole rings is 1. The maximum Gasteiger partial charge on any atom is 0.178 e. The average molecular weight is 298 g/mol. The number of aryl methyl sites for hydroxylation is 1. The van der Waals surface area contributed by atoms with Gasteiger partial charge < -0.3 is 9.55 Å². The van der Waals surface area contributed by atoms with Gasteiger partial charge in [0.2, 0.25) is 0 Å². The molecule has 3 heteroatoms. The lowest BCUT2D eigenvalue weighted by atomic mass is 9.53. The number of rotatable bonds is 1. The lowest BCUT2D eigenvalue weighted by Crippen LogP contribution is -2.51. The van der Waals surface area contributed by atoms with Crippen molar-refractivity contribution in [2.24, 2.45) is 17.8 Å². The summed E-state index contributed by atoms with van der Waals surface area (Å²) < 4.78 is 3.47. The van der Waals surface area contributed by atoms with Gasteiger partial charge in [-0.1, -0.05) is 12.1 Å². The van der Waals surface area contributed by atoms with Gasteiger partial charge in [0.1, 0.15) is 0 Å². The van der Waals surface area contributed by atoms with Crippen molar-refractivity contribution in [3.05, 3.63) is 28.5 Å². The van der Waals surface area contributed by atoms with Crippen molar-refractivity contribution >= 4 is 23.3 Å². The van der Waals surface area contributed by atoms with Crippen LogP contribution in [0, 0.1) is 29.4 Å². The average Bonchev–Trinajstić information content (AvgIpc) is 2.75. The first-order valence-electron chi connectivity index (χ1n) is 8.35. The van der Waals surface area contributed by atoms with Crippen LogP contribution in [0.15, 0.2) is 18.2 Å². The SMILES string of the molecule is Cc1cccc2c1[nH]c(=S)n2C12CC3CC(CC(C3)C1)C2. The molecule has 0 amide bonds. The van der Waals surface area contributed by atoms with Gasteiger partial charge in [-0.2, -0.15) is 0 Å². The van der Waals surface area contributed by atoms with Gasteiger partial charge >= 0.3 is 0 Å². The smallest absolute Gasteiger partial charge is 0.178 e. The minimum absolute atomic E-state index is 0.317. The van der Waals surface area contributed by atoms with Crippen LogP contribution < -0.4 is 0 Å². The zero-order valence-corrected chi connectivity index (χ0v) is 13.4. The molecule has 6 rings (SSSR count). The van der Waals surface area contributed by atoms with Gasteiger partial charge in [-0.05, 0) is 87.1 Å². The summed E-state index contributed by atoms with van der Waals surface area (Å²) in [5.41, 5.74) is 4.21. The molecule has 0 atom stereocenters. The van der Waals surface area contributed by atoms with E-state index in [-0.39, 0.29) is 0 Å². The molecule has 1 aromatic carbocycles. The predicted octanol–water partition coefficient (Wildman–Crippen LogP) is 4.93. The van der Waals surface area contributed by atoms with Crippen LogP contribution in [-0.2, 0) is 5.54 Å². The van der Waals surface area contributed by atoms with Crippen molar-refractivity contribution in [3.8, 4) is 0 Å². The second kappa shape index (κ2) is 4.01. The molecule has 1 aromatic heterocycles. The van der Waals surface area contributed by atoms with Gasteiger partial charge in [-0.3, -0.25) is 0 Å². The molecule has 21 heavy (non-hydrogen) atoms. The fraction of sp³-hybridized carbons (Fsp3) is 0.611. The normalized spacial score (nSPS) is 37.5. The molecule has 1 heterocycles. The predicted molar refractivity (Wildman–Crippen MR) is 88.0 cm³/mol. The zero-order chi connectivity index (χ0) is 14.2. The number of para-hydroxylation sites is 1. The summed E-state index contributed by atoms with van der Waals surface area (Å²) in [6.45, 7) is 2.18. The number of fused-ring (bicyclic) bond motifs is 1. The molecular formula is C18H22N2S. The highest BCUT2D eigenvalue weighted by atomic mass is 32.1. The van der Waals surface area contributed by atoms with E-state index in [1.54, 1.807) is 0 Å². The van der Waals surface area contributed by atoms with Crippen molar-refractivity contribution in [3.63, 3.8) is 0 Å². The van der Waals surface area contributed by atoms with E-state index >= 15 is 0 Å². The van der Waals surface area contributed by atoms with Crippen molar-refractivity contribution in [1.82, 2.24) is 9.55 Å². The summed E-state index contributed by atoms with van der Waals surface area (Å²) in [5.74, 6) is 2.86. The molecule has 1 N–H and O–H groups in total. The number of hydrogen-bond donors (Lipinski definition) is 1. The van der Waals surface area contributed by atoms with Crippen LogP contribution in [0.1, 0.15) is 44.1 Å². The van der Waals surface area contributed by atoms with E-state index in [0.717, 1.165) is 22.5 Å². The third kappa shape index (κ3) is 1.61. The first-order valence-corrected chi connectivity index (χ1v) is 8.76. The van der Waals surface area contributed by atoms with E-state index in [9.17, 15) is 0 Å². The molecule has 2 aromatic rings. The van der Waals surface area contributed by atoms with Crippen LogP contribution in [0.5, 0.6) is 0 Å². The Hall–Kier alpha value is -1.09. The Morgan fingerprint density at radius 2 is 1.71 bits per heavy atom. The Balaban J connectivity index is 1.76. The third-order valence-corrected chi connectivity index (χ3v) is 6.69. The fourth-order valence-corrected chi connectivity index (χ4v) is 6.48. The van der Waals surface area contributed by atoms with Gasteiger partial charge in [0.05, 0.1) is 11.0 Å². The van der Waals surface area contributed by atoms with E-state index in [1.165, 1.54) is 55.1 Å². The lowest BCUT2D eigenvalue weighted by Gasteiger charge is -2.57. The molecule has 4 saturated carbocycles. The molecule has 0 radical (unpaired) electrons. The van der Waals surface area contributed by atoms with Gasteiger partial charge in [-0.25, -0.2) is 0 Å². The van der Waals surface area contributed by atoms with Crippen LogP contribution >= 0.6 is 12.2 Å². The first kappa shape index (κ1) is 12.5. The highest BCUT2D eigenvalue weighted by molar-refractivity contribution is 7.71. The van der Waals surface area contributed by atoms with Crippen LogP contribution in [-0.4, -0.2) is 9.55 Å². The van der Waals surface area contributed by atoms with Crippen LogP contribution in [0.25, 0.3) is 11.0 Å². The number of nitrogens with zero attached hydrogens (tertiary/aromatic N) is 1. The lowest BCUT2D eigenvalue weighted by molar-refractivity contribution is -0.0416. The van der Waals surface area contributed by atoms with Crippen molar-refractivity contribution < 1.29 is 0 Å². The summed E-state index contributed by atoms with van der Waals surface area (Å²) in [6, 6.07) is 6.61. The summed E-state index contributed by atoms with van der Waals surface area (Å²) >= 11 is 5.76. The van der Waals surface area contributed by atoms with Crippen LogP contribution in [0.3, 0.4) is 0 Å². The molecule has 4 bridgehead atoms. The summed E-state index contributed by atoms with van der Waals surface area (Å²) in [6.07, 6.45) is 8.51. The number of H-pyrrole nitrogens is 1. The minimum atomic E-state index is 0.317. The molecule has 0 spiro atoms. The van der Waals surface area contributed by atoms with Gasteiger partial charge in [-0.15, -0.1) is 0 Å². The first-order chi connectivity index (χ1) is 10.1. The molecule has 2 nitrogen and oxygen atoms in total. The molecule has 0 unspecified atom stereocenters. The second-order valence-electron chi connectivity index (χ2n) is 7.88. The number of benzene rings is 1. The molecule has 4 aliphatic rings. The molecule has 4 fully saturated rings. The van der Waals surface area contributed by atoms with Gasteiger partial charge in [0.15, 0.2) is 4.77 Å². The monoisotopic (exact) mass is 298 g/mol. The summed E-state index contributed by atoms with van der Waals surface area (Å²) in [4.78, 5) is 3.50. The van der Waals surface area contributed by atoms with E-state index in [1.807, 2.05) is 0 Å². The highest BCUT2D eigenvalue weighted by Gasteiger charge is 2.52. The highest BCUT2D eigenvalue weighted by Crippen LogP contribution is 2.59. The molecular weight excluding hydrogens is 276 g/mol. The Morgan fingerprint density at radius 1 is 1.10 bits per heavy atom. The molecule has 0 aliphatic heterocycles. The van der Waals surface area contributed by atoms with Gasteiger partial charge in [0.25, 0.3) is 0 Å².